The van der Waals surface area contributed by atoms with E-state index in [1.807, 2.05) is 0 Å². The summed E-state index contributed by atoms with van der Waals surface area (Å²) >= 11 is 24.2. The lowest BCUT2D eigenvalue weighted by Crippen LogP contribution is -2.38. The van der Waals surface area contributed by atoms with Gasteiger partial charge in [-0.25, -0.2) is 0 Å². The normalized spacial score (nSPS) is 13.8. The molecular formula is C19H12Cl4O5S. The number of halogens is 4. The maximum atomic E-state index is 12.9. The molecule has 3 rings (SSSR count). The van der Waals surface area contributed by atoms with Crippen LogP contribution in [0.25, 0.3) is 0 Å². The van der Waals surface area contributed by atoms with Crippen molar-refractivity contribution in [2.75, 3.05) is 0 Å². The number of rotatable bonds is 4. The molecule has 3 aromatic rings. The fourth-order valence-electron chi connectivity index (χ4n) is 3.18. The molecule has 1 atom stereocenters. The van der Waals surface area contributed by atoms with Gasteiger partial charge in [-0.05, 0) is 35.9 Å². The van der Waals surface area contributed by atoms with Crippen molar-refractivity contribution in [2.24, 2.45) is 0 Å². The van der Waals surface area contributed by atoms with Crippen LogP contribution in [0.1, 0.15) is 16.7 Å². The molecule has 0 heterocycles. The van der Waals surface area contributed by atoms with Crippen molar-refractivity contribution in [2.45, 2.75) is 4.75 Å². The van der Waals surface area contributed by atoms with E-state index in [-0.39, 0.29) is 37.5 Å². The van der Waals surface area contributed by atoms with Crippen LogP contribution in [0.3, 0.4) is 0 Å². The van der Waals surface area contributed by atoms with E-state index in [1.54, 1.807) is 0 Å². The molecule has 0 aliphatic carbocycles. The maximum absolute atomic E-state index is 12.9. The average molecular weight is 494 g/mol. The zero-order chi connectivity index (χ0) is 21.6. The molecule has 152 valence electrons. The van der Waals surface area contributed by atoms with Crippen LogP contribution < -0.4 is 0 Å². The second kappa shape index (κ2) is 7.87. The highest BCUT2D eigenvalue weighted by Crippen LogP contribution is 2.51. The van der Waals surface area contributed by atoms with E-state index in [9.17, 15) is 23.2 Å². The smallest absolute Gasteiger partial charge is 0.283 e. The zero-order valence-corrected chi connectivity index (χ0v) is 18.1. The molecule has 1 unspecified atom stereocenters. The van der Waals surface area contributed by atoms with Crippen LogP contribution >= 0.6 is 46.4 Å². The summed E-state index contributed by atoms with van der Waals surface area (Å²) in [7, 11) is -5.06. The van der Waals surface area contributed by atoms with E-state index in [1.165, 1.54) is 36.4 Å². The van der Waals surface area contributed by atoms with Gasteiger partial charge < -0.3 is 10.2 Å². The summed E-state index contributed by atoms with van der Waals surface area (Å²) in [6.07, 6.45) is 0. The lowest BCUT2D eigenvalue weighted by molar-refractivity contribution is 0.440. The Bertz CT molecular complexity index is 1200. The lowest BCUT2D eigenvalue weighted by Gasteiger charge is -2.34. The molecule has 5 nitrogen and oxygen atoms in total. The predicted octanol–water partition coefficient (Wildman–Crippen LogP) is 5.89. The van der Waals surface area contributed by atoms with Crippen LogP contribution in [0.15, 0.2) is 54.6 Å². The van der Waals surface area contributed by atoms with Crippen LogP contribution in [-0.4, -0.2) is 23.2 Å². The quantitative estimate of drug-likeness (QED) is 0.311. The Morgan fingerprint density at radius 1 is 0.724 bits per heavy atom. The molecule has 0 saturated carbocycles. The first-order valence-corrected chi connectivity index (χ1v) is 10.8. The average Bonchev–Trinajstić information content (AvgIpc) is 2.61. The molecule has 0 amide bonds. The van der Waals surface area contributed by atoms with Gasteiger partial charge in [0, 0.05) is 27.2 Å². The third-order valence-electron chi connectivity index (χ3n) is 4.39. The van der Waals surface area contributed by atoms with Crippen LogP contribution in [-0.2, 0) is 14.9 Å². The van der Waals surface area contributed by atoms with E-state index < -0.39 is 20.6 Å². The molecule has 29 heavy (non-hydrogen) atoms. The van der Waals surface area contributed by atoms with Gasteiger partial charge in [-0.2, -0.15) is 8.42 Å². The SMILES string of the molecule is O=S(=O)(O)C(c1ccc(Cl)cc1)(c1cc(Cl)c(Cl)cc1O)c1ccc(O)cc1Cl. The highest BCUT2D eigenvalue weighted by atomic mass is 35.5. The van der Waals surface area contributed by atoms with Gasteiger partial charge in [0.25, 0.3) is 10.1 Å². The highest BCUT2D eigenvalue weighted by molar-refractivity contribution is 7.87. The molecule has 0 spiro atoms. The van der Waals surface area contributed by atoms with Gasteiger partial charge in [0.2, 0.25) is 0 Å². The van der Waals surface area contributed by atoms with Gasteiger partial charge in [0.05, 0.1) is 10.0 Å². The number of aromatic hydroxyl groups is 2. The van der Waals surface area contributed by atoms with E-state index in [0.717, 1.165) is 18.2 Å². The number of phenolic OH excluding ortho intramolecular Hbond substituents is 2. The molecular weight excluding hydrogens is 482 g/mol. The topological polar surface area (TPSA) is 94.8 Å². The minimum Gasteiger partial charge on any atom is -0.508 e. The first-order chi connectivity index (χ1) is 13.5. The summed E-state index contributed by atoms with van der Waals surface area (Å²) in [6, 6.07) is 11.3. The summed E-state index contributed by atoms with van der Waals surface area (Å²) in [5.41, 5.74) is -0.398. The fourth-order valence-corrected chi connectivity index (χ4v) is 5.33. The van der Waals surface area contributed by atoms with Crippen molar-refractivity contribution in [3.05, 3.63) is 91.4 Å². The lowest BCUT2D eigenvalue weighted by atomic mass is 9.83. The Balaban J connectivity index is 2.58. The van der Waals surface area contributed by atoms with Crippen LogP contribution in [0.2, 0.25) is 20.1 Å². The Kier molecular flexibility index (Phi) is 5.98. The first kappa shape index (κ1) is 22.0. The van der Waals surface area contributed by atoms with Crippen molar-refractivity contribution >= 4 is 56.5 Å². The fraction of sp³-hybridized carbons (Fsp3) is 0.0526. The van der Waals surface area contributed by atoms with Crippen molar-refractivity contribution in [3.8, 4) is 11.5 Å². The standard InChI is InChI=1S/C19H12Cl4O5S/c20-11-3-1-10(2-4-11)19(29(26,27)28,13-6-5-12(24)7-15(13)21)14-8-16(22)17(23)9-18(14)25/h1-9,24-25H,(H,26,27,28). The van der Waals surface area contributed by atoms with E-state index in [2.05, 4.69) is 0 Å². The van der Waals surface area contributed by atoms with Gasteiger partial charge in [-0.15, -0.1) is 0 Å². The molecule has 10 heteroatoms. The van der Waals surface area contributed by atoms with Crippen LogP contribution in [0, 0.1) is 0 Å². The molecule has 0 aliphatic heterocycles. The van der Waals surface area contributed by atoms with Crippen molar-refractivity contribution in [3.63, 3.8) is 0 Å². The second-order valence-electron chi connectivity index (χ2n) is 6.11. The highest BCUT2D eigenvalue weighted by Gasteiger charge is 2.51. The third-order valence-corrected chi connectivity index (χ3v) is 7.12. The van der Waals surface area contributed by atoms with Gasteiger partial charge in [0.1, 0.15) is 11.5 Å². The molecule has 3 aromatic carbocycles. The van der Waals surface area contributed by atoms with Gasteiger partial charge >= 0.3 is 0 Å². The monoisotopic (exact) mass is 492 g/mol. The van der Waals surface area contributed by atoms with Gasteiger partial charge in [-0.1, -0.05) is 64.6 Å². The van der Waals surface area contributed by atoms with Crippen molar-refractivity contribution in [1.29, 1.82) is 0 Å². The molecule has 0 fully saturated rings. The number of hydrogen-bond acceptors (Lipinski definition) is 4. The summed E-state index contributed by atoms with van der Waals surface area (Å²) in [4.78, 5) is 0. The predicted molar refractivity (Wildman–Crippen MR) is 114 cm³/mol. The molecule has 0 aromatic heterocycles. The number of phenols is 2. The van der Waals surface area contributed by atoms with Gasteiger partial charge in [0.15, 0.2) is 4.75 Å². The van der Waals surface area contributed by atoms with Crippen LogP contribution in [0.4, 0.5) is 0 Å². The van der Waals surface area contributed by atoms with E-state index in [0.29, 0.717) is 5.02 Å². The zero-order valence-electron chi connectivity index (χ0n) is 14.3. The van der Waals surface area contributed by atoms with Gasteiger partial charge in [-0.3, -0.25) is 4.55 Å². The maximum Gasteiger partial charge on any atom is 0.283 e. The van der Waals surface area contributed by atoms with Crippen LogP contribution in [0.5, 0.6) is 11.5 Å². The second-order valence-corrected chi connectivity index (χ2v) is 9.33. The Morgan fingerprint density at radius 3 is 1.86 bits per heavy atom. The third kappa shape index (κ3) is 3.77. The molecule has 0 saturated heterocycles. The Hall–Kier alpha value is -1.67. The van der Waals surface area contributed by atoms with Crippen molar-refractivity contribution in [1.82, 2.24) is 0 Å². The van der Waals surface area contributed by atoms with Crippen molar-refractivity contribution < 1.29 is 23.2 Å². The molecule has 0 radical (unpaired) electrons. The minimum absolute atomic E-state index is 0.0191. The van der Waals surface area contributed by atoms with E-state index >= 15 is 0 Å². The van der Waals surface area contributed by atoms with E-state index in [4.69, 9.17) is 46.4 Å². The summed E-state index contributed by atoms with van der Waals surface area (Å²) in [5, 5.41) is 20.4. The Labute approximate surface area is 186 Å². The Morgan fingerprint density at radius 2 is 1.31 bits per heavy atom. The molecule has 3 N–H and O–H groups in total. The molecule has 0 aliphatic rings. The summed E-state index contributed by atoms with van der Waals surface area (Å²) in [5.74, 6) is -0.770. The largest absolute Gasteiger partial charge is 0.508 e. The summed E-state index contributed by atoms with van der Waals surface area (Å²) in [6.45, 7) is 0. The summed E-state index contributed by atoms with van der Waals surface area (Å²) < 4.78 is 33.9. The first-order valence-electron chi connectivity index (χ1n) is 7.89. The molecule has 0 bridgehead atoms. The number of benzene rings is 3. The minimum atomic E-state index is -5.06. The number of hydrogen-bond donors (Lipinski definition) is 3.